The van der Waals surface area contributed by atoms with Gasteiger partial charge in [0.15, 0.2) is 0 Å². The molecule has 0 amide bonds. The Labute approximate surface area is 127 Å². The summed E-state index contributed by atoms with van der Waals surface area (Å²) in [6, 6.07) is 14.2. The molecule has 0 saturated heterocycles. The summed E-state index contributed by atoms with van der Waals surface area (Å²) in [4.78, 5) is 0. The van der Waals surface area contributed by atoms with E-state index in [1.54, 1.807) is 0 Å². The molecule has 0 spiro atoms. The lowest BCUT2D eigenvalue weighted by molar-refractivity contribution is 0.847. The van der Waals surface area contributed by atoms with Crippen molar-refractivity contribution >= 4 is 27.5 Å². The summed E-state index contributed by atoms with van der Waals surface area (Å²) in [5, 5.41) is 0.687. The highest BCUT2D eigenvalue weighted by Crippen LogP contribution is 2.28. The maximum absolute atomic E-state index is 6.29. The van der Waals surface area contributed by atoms with Gasteiger partial charge in [0.1, 0.15) is 0 Å². The summed E-state index contributed by atoms with van der Waals surface area (Å²) in [5.74, 6) is 0.535. The largest absolute Gasteiger partial charge is 0.320 e. The molecule has 0 aliphatic heterocycles. The van der Waals surface area contributed by atoms with Crippen molar-refractivity contribution in [3.63, 3.8) is 0 Å². The predicted octanol–water partition coefficient (Wildman–Crippen LogP) is 5.27. The lowest BCUT2D eigenvalue weighted by Crippen LogP contribution is -2.11. The Kier molecular flexibility index (Phi) is 4.67. The molecule has 2 aromatic rings. The number of hydrogen-bond donors (Lipinski definition) is 1. The number of halogens is 2. The van der Waals surface area contributed by atoms with Gasteiger partial charge in [0.25, 0.3) is 0 Å². The summed E-state index contributed by atoms with van der Waals surface area (Å²) < 4.78 is 0.889. The number of nitrogens with two attached hydrogens (primary N) is 1. The zero-order valence-electron chi connectivity index (χ0n) is 11.0. The van der Waals surface area contributed by atoms with Gasteiger partial charge in [0.05, 0.1) is 11.1 Å². The van der Waals surface area contributed by atoms with E-state index in [0.29, 0.717) is 10.9 Å². The van der Waals surface area contributed by atoms with Crippen LogP contribution in [0.3, 0.4) is 0 Å². The van der Waals surface area contributed by atoms with Gasteiger partial charge in [-0.3, -0.25) is 0 Å². The molecule has 3 heteroatoms. The molecule has 100 valence electrons. The molecular weight excluding hydrogens is 322 g/mol. The van der Waals surface area contributed by atoms with Gasteiger partial charge in [-0.15, -0.1) is 0 Å². The maximum Gasteiger partial charge on any atom is 0.0552 e. The minimum absolute atomic E-state index is 0.146. The van der Waals surface area contributed by atoms with Crippen molar-refractivity contribution in [3.05, 3.63) is 68.7 Å². The molecule has 0 aliphatic carbocycles. The average molecular weight is 339 g/mol. The topological polar surface area (TPSA) is 26.0 Å². The second-order valence-electron chi connectivity index (χ2n) is 4.97. The van der Waals surface area contributed by atoms with Crippen LogP contribution in [-0.4, -0.2) is 0 Å². The van der Waals surface area contributed by atoms with Gasteiger partial charge in [0, 0.05) is 4.47 Å². The summed E-state index contributed by atoms with van der Waals surface area (Å²) in [6.07, 6.45) is 0. The molecule has 2 N–H and O–H groups in total. The van der Waals surface area contributed by atoms with Crippen LogP contribution in [0.4, 0.5) is 0 Å². The second-order valence-corrected chi connectivity index (χ2v) is 6.23. The van der Waals surface area contributed by atoms with E-state index < -0.39 is 0 Å². The van der Waals surface area contributed by atoms with Crippen LogP contribution in [0.25, 0.3) is 0 Å². The van der Waals surface area contributed by atoms with Crippen LogP contribution < -0.4 is 5.73 Å². The SMILES string of the molecule is CC(C)c1ccc(C(N)c2ccc(Br)c(Cl)c2)cc1. The first-order valence-corrected chi connectivity index (χ1v) is 7.46. The molecule has 2 rings (SSSR count). The molecule has 2 aromatic carbocycles. The molecular formula is C16H17BrClN. The van der Waals surface area contributed by atoms with E-state index in [1.165, 1.54) is 5.56 Å². The summed E-state index contributed by atoms with van der Waals surface area (Å²) >= 11 is 9.50. The van der Waals surface area contributed by atoms with E-state index in [9.17, 15) is 0 Å². The Morgan fingerprint density at radius 2 is 1.47 bits per heavy atom. The molecule has 1 atom stereocenters. The Hall–Kier alpha value is -0.830. The molecule has 0 aromatic heterocycles. The molecule has 1 nitrogen and oxygen atoms in total. The molecule has 19 heavy (non-hydrogen) atoms. The average Bonchev–Trinajstić information content (AvgIpc) is 2.41. The number of hydrogen-bond acceptors (Lipinski definition) is 1. The summed E-state index contributed by atoms with van der Waals surface area (Å²) in [6.45, 7) is 4.37. The van der Waals surface area contributed by atoms with Crippen molar-refractivity contribution in [2.75, 3.05) is 0 Å². The monoisotopic (exact) mass is 337 g/mol. The van der Waals surface area contributed by atoms with E-state index in [4.69, 9.17) is 17.3 Å². The molecule has 0 radical (unpaired) electrons. The van der Waals surface area contributed by atoms with Crippen LogP contribution in [0.2, 0.25) is 5.02 Å². The Balaban J connectivity index is 2.27. The lowest BCUT2D eigenvalue weighted by atomic mass is 9.96. The van der Waals surface area contributed by atoms with Crippen LogP contribution in [0.15, 0.2) is 46.9 Å². The van der Waals surface area contributed by atoms with Crippen LogP contribution in [0.1, 0.15) is 42.5 Å². The fraction of sp³-hybridized carbons (Fsp3) is 0.250. The van der Waals surface area contributed by atoms with Crippen LogP contribution in [-0.2, 0) is 0 Å². The van der Waals surface area contributed by atoms with E-state index in [1.807, 2.05) is 18.2 Å². The molecule has 0 bridgehead atoms. The first kappa shape index (κ1) is 14.6. The normalized spacial score (nSPS) is 12.7. The third-order valence-corrected chi connectivity index (χ3v) is 4.50. The van der Waals surface area contributed by atoms with Gasteiger partial charge < -0.3 is 5.73 Å². The molecule has 1 unspecified atom stereocenters. The van der Waals surface area contributed by atoms with Gasteiger partial charge in [-0.1, -0.05) is 55.8 Å². The number of benzene rings is 2. The van der Waals surface area contributed by atoms with Gasteiger partial charge in [-0.25, -0.2) is 0 Å². The third-order valence-electron chi connectivity index (χ3n) is 3.27. The molecule has 0 saturated carbocycles. The summed E-state index contributed by atoms with van der Waals surface area (Å²) in [7, 11) is 0. The third kappa shape index (κ3) is 3.38. The minimum atomic E-state index is -0.146. The van der Waals surface area contributed by atoms with E-state index in [0.717, 1.165) is 15.6 Å². The lowest BCUT2D eigenvalue weighted by Gasteiger charge is -2.14. The quantitative estimate of drug-likeness (QED) is 0.810. The predicted molar refractivity (Wildman–Crippen MR) is 85.7 cm³/mol. The van der Waals surface area contributed by atoms with Crippen LogP contribution >= 0.6 is 27.5 Å². The van der Waals surface area contributed by atoms with Gasteiger partial charge in [-0.2, -0.15) is 0 Å². The first-order valence-electron chi connectivity index (χ1n) is 6.29. The first-order chi connectivity index (χ1) is 8.99. The highest BCUT2D eigenvalue weighted by molar-refractivity contribution is 9.10. The van der Waals surface area contributed by atoms with Crippen molar-refractivity contribution in [1.82, 2.24) is 0 Å². The maximum atomic E-state index is 6.29. The molecule has 0 aliphatic rings. The van der Waals surface area contributed by atoms with Gasteiger partial charge >= 0.3 is 0 Å². The zero-order valence-corrected chi connectivity index (χ0v) is 13.4. The van der Waals surface area contributed by atoms with E-state index in [-0.39, 0.29) is 6.04 Å². The summed E-state index contributed by atoms with van der Waals surface area (Å²) in [5.41, 5.74) is 9.73. The molecule has 0 fully saturated rings. The number of rotatable bonds is 3. The Bertz CT molecular complexity index is 563. The zero-order chi connectivity index (χ0) is 14.0. The van der Waals surface area contributed by atoms with Crippen molar-refractivity contribution < 1.29 is 0 Å². The van der Waals surface area contributed by atoms with Gasteiger partial charge in [-0.05, 0) is 50.7 Å². The van der Waals surface area contributed by atoms with E-state index in [2.05, 4.69) is 54.0 Å². The second kappa shape index (κ2) is 6.08. The van der Waals surface area contributed by atoms with Crippen LogP contribution in [0.5, 0.6) is 0 Å². The van der Waals surface area contributed by atoms with Crippen molar-refractivity contribution in [1.29, 1.82) is 0 Å². The van der Waals surface area contributed by atoms with Crippen LogP contribution in [0, 0.1) is 0 Å². The van der Waals surface area contributed by atoms with Crippen molar-refractivity contribution in [2.24, 2.45) is 5.73 Å². The fourth-order valence-corrected chi connectivity index (χ4v) is 2.42. The van der Waals surface area contributed by atoms with E-state index >= 15 is 0 Å². The smallest absolute Gasteiger partial charge is 0.0552 e. The fourth-order valence-electron chi connectivity index (χ4n) is 1.99. The van der Waals surface area contributed by atoms with Crippen molar-refractivity contribution in [3.8, 4) is 0 Å². The highest BCUT2D eigenvalue weighted by atomic mass is 79.9. The van der Waals surface area contributed by atoms with Gasteiger partial charge in [0.2, 0.25) is 0 Å². The molecule has 0 heterocycles. The minimum Gasteiger partial charge on any atom is -0.320 e. The Morgan fingerprint density at radius 1 is 0.947 bits per heavy atom. The standard InChI is InChI=1S/C16H17BrClN/c1-10(2)11-3-5-12(6-4-11)16(19)13-7-8-14(17)15(18)9-13/h3-10,16H,19H2,1-2H3. The highest BCUT2D eigenvalue weighted by Gasteiger charge is 2.11. The van der Waals surface area contributed by atoms with Crippen molar-refractivity contribution in [2.45, 2.75) is 25.8 Å². The Morgan fingerprint density at radius 3 is 2.00 bits per heavy atom.